The van der Waals surface area contributed by atoms with Crippen LogP contribution in [0.2, 0.25) is 0 Å². The highest BCUT2D eigenvalue weighted by Crippen LogP contribution is 2.18. The summed E-state index contributed by atoms with van der Waals surface area (Å²) < 4.78 is 32.3. The molecule has 0 N–H and O–H groups in total. The van der Waals surface area contributed by atoms with E-state index in [0.717, 1.165) is 18.4 Å². The number of amides is 1. The van der Waals surface area contributed by atoms with Gasteiger partial charge in [-0.15, -0.1) is 0 Å². The molecule has 0 aromatic heterocycles. The summed E-state index contributed by atoms with van der Waals surface area (Å²) in [6.45, 7) is 2.49. The van der Waals surface area contributed by atoms with Gasteiger partial charge in [0.2, 0.25) is 10.0 Å². The number of carbonyl (C=O) groups is 1. The van der Waals surface area contributed by atoms with Gasteiger partial charge < -0.3 is 9.64 Å². The molecule has 2 fully saturated rings. The van der Waals surface area contributed by atoms with E-state index >= 15 is 0 Å². The minimum Gasteiger partial charge on any atom is -0.368 e. The smallest absolute Gasteiger partial charge is 0.251 e. The molecule has 6 nitrogen and oxygen atoms in total. The average Bonchev–Trinajstić information content (AvgIpc) is 2.98. The molecule has 1 amide bonds. The molecule has 2 heterocycles. The first-order valence-corrected chi connectivity index (χ1v) is 10.1. The highest BCUT2D eigenvalue weighted by Gasteiger charge is 2.31. The van der Waals surface area contributed by atoms with Gasteiger partial charge in [0.1, 0.15) is 6.10 Å². The average molecular weight is 352 g/mol. The van der Waals surface area contributed by atoms with Crippen LogP contribution in [0, 0.1) is 0 Å². The molecule has 0 bridgehead atoms. The van der Waals surface area contributed by atoms with Gasteiger partial charge >= 0.3 is 0 Å². The third-order valence-electron chi connectivity index (χ3n) is 4.56. The molecular formula is C17H24N2O4S. The van der Waals surface area contributed by atoms with E-state index in [1.165, 1.54) is 4.31 Å². The molecule has 2 aliphatic rings. The molecule has 0 radical (unpaired) electrons. The maximum Gasteiger partial charge on any atom is 0.251 e. The van der Waals surface area contributed by atoms with Crippen LogP contribution in [0.3, 0.4) is 0 Å². The van der Waals surface area contributed by atoms with Crippen LogP contribution in [0.25, 0.3) is 0 Å². The molecule has 0 spiro atoms. The van der Waals surface area contributed by atoms with Gasteiger partial charge in [0.15, 0.2) is 0 Å². The van der Waals surface area contributed by atoms with Gasteiger partial charge in [-0.3, -0.25) is 4.79 Å². The largest absolute Gasteiger partial charge is 0.368 e. The molecule has 1 aromatic carbocycles. The van der Waals surface area contributed by atoms with E-state index in [-0.39, 0.29) is 17.8 Å². The molecule has 1 aromatic rings. The molecule has 0 saturated carbocycles. The minimum atomic E-state index is -3.36. The fourth-order valence-corrected chi connectivity index (χ4v) is 4.81. The molecule has 0 unspecified atom stereocenters. The number of ether oxygens (including phenoxy) is 1. The molecule has 132 valence electrons. The second-order valence-electron chi connectivity index (χ2n) is 6.32. The summed E-state index contributed by atoms with van der Waals surface area (Å²) in [6.07, 6.45) is 2.01. The number of sulfonamides is 1. The van der Waals surface area contributed by atoms with Gasteiger partial charge in [-0.1, -0.05) is 30.3 Å². The topological polar surface area (TPSA) is 66.9 Å². The molecular weight excluding hydrogens is 328 g/mol. The van der Waals surface area contributed by atoms with E-state index < -0.39 is 10.0 Å². The predicted molar refractivity (Wildman–Crippen MR) is 90.8 cm³/mol. The van der Waals surface area contributed by atoms with Gasteiger partial charge in [0.25, 0.3) is 5.91 Å². The standard InChI is InChI=1S/C17H24N2O4S/c20-17(16-8-4-13-23-16)18-9-5-10-19(12-11-18)24(21,22)14-15-6-2-1-3-7-15/h1-3,6-7,16H,4-5,8-14H2/t16-/m1/s1. The maximum absolute atomic E-state index is 12.6. The minimum absolute atomic E-state index is 0.00746. The Bertz CT molecular complexity index is 656. The molecule has 7 heteroatoms. The Labute approximate surface area is 143 Å². The predicted octanol–water partition coefficient (Wildman–Crippen LogP) is 1.23. The van der Waals surface area contributed by atoms with Crippen molar-refractivity contribution in [1.29, 1.82) is 0 Å². The van der Waals surface area contributed by atoms with E-state index in [9.17, 15) is 13.2 Å². The molecule has 1 atom stereocenters. The van der Waals surface area contributed by atoms with Crippen molar-refractivity contribution in [3.05, 3.63) is 35.9 Å². The summed E-state index contributed by atoms with van der Waals surface area (Å²) in [5, 5.41) is 0. The van der Waals surface area contributed by atoms with Crippen LogP contribution in [-0.2, 0) is 25.3 Å². The van der Waals surface area contributed by atoms with E-state index in [1.807, 2.05) is 30.3 Å². The first-order chi connectivity index (χ1) is 11.6. The lowest BCUT2D eigenvalue weighted by Crippen LogP contribution is -2.42. The van der Waals surface area contributed by atoms with Crippen LogP contribution in [0.4, 0.5) is 0 Å². The summed E-state index contributed by atoms with van der Waals surface area (Å²) in [5.41, 5.74) is 0.786. The van der Waals surface area contributed by atoms with Gasteiger partial charge in [-0.05, 0) is 24.8 Å². The summed E-state index contributed by atoms with van der Waals surface area (Å²) in [7, 11) is -3.36. The van der Waals surface area contributed by atoms with Crippen LogP contribution in [0.15, 0.2) is 30.3 Å². The normalized spacial score (nSPS) is 23.2. The fourth-order valence-electron chi connectivity index (χ4n) is 3.24. The van der Waals surface area contributed by atoms with Gasteiger partial charge in [-0.2, -0.15) is 4.31 Å². The lowest BCUT2D eigenvalue weighted by molar-refractivity contribution is -0.140. The van der Waals surface area contributed by atoms with Crippen LogP contribution in [0.1, 0.15) is 24.8 Å². The number of hydrogen-bond donors (Lipinski definition) is 0. The Kier molecular flexibility index (Phi) is 5.53. The van der Waals surface area contributed by atoms with E-state index in [2.05, 4.69) is 0 Å². The summed E-state index contributed by atoms with van der Waals surface area (Å²) in [4.78, 5) is 14.2. The second-order valence-corrected chi connectivity index (χ2v) is 8.29. The number of rotatable bonds is 4. The molecule has 24 heavy (non-hydrogen) atoms. The van der Waals surface area contributed by atoms with E-state index in [4.69, 9.17) is 4.74 Å². The van der Waals surface area contributed by atoms with Crippen LogP contribution < -0.4 is 0 Å². The van der Waals surface area contributed by atoms with E-state index in [1.54, 1.807) is 4.90 Å². The molecule has 2 saturated heterocycles. The quantitative estimate of drug-likeness (QED) is 0.817. The zero-order valence-electron chi connectivity index (χ0n) is 13.8. The second kappa shape index (κ2) is 7.63. The fraction of sp³-hybridized carbons (Fsp3) is 0.588. The zero-order valence-corrected chi connectivity index (χ0v) is 14.6. The number of carbonyl (C=O) groups excluding carboxylic acids is 1. The van der Waals surface area contributed by atoms with Crippen molar-refractivity contribution in [2.45, 2.75) is 31.1 Å². The number of hydrogen-bond acceptors (Lipinski definition) is 4. The van der Waals surface area contributed by atoms with Crippen molar-refractivity contribution in [3.63, 3.8) is 0 Å². The Balaban J connectivity index is 1.61. The first kappa shape index (κ1) is 17.4. The molecule has 0 aliphatic carbocycles. The van der Waals surface area contributed by atoms with Crippen molar-refractivity contribution in [2.75, 3.05) is 32.8 Å². The third-order valence-corrected chi connectivity index (χ3v) is 6.41. The van der Waals surface area contributed by atoms with Crippen LogP contribution >= 0.6 is 0 Å². The van der Waals surface area contributed by atoms with Crippen molar-refractivity contribution in [2.24, 2.45) is 0 Å². The Morgan fingerprint density at radius 2 is 1.88 bits per heavy atom. The lowest BCUT2D eigenvalue weighted by Gasteiger charge is -2.24. The maximum atomic E-state index is 12.6. The van der Waals surface area contributed by atoms with Crippen LogP contribution in [0.5, 0.6) is 0 Å². The molecule has 2 aliphatic heterocycles. The summed E-state index contributed by atoms with van der Waals surface area (Å²) >= 11 is 0. The highest BCUT2D eigenvalue weighted by atomic mass is 32.2. The van der Waals surface area contributed by atoms with Gasteiger partial charge in [-0.25, -0.2) is 8.42 Å². The van der Waals surface area contributed by atoms with Gasteiger partial charge in [0, 0.05) is 32.8 Å². The zero-order chi connectivity index (χ0) is 17.0. The van der Waals surface area contributed by atoms with Crippen LogP contribution in [-0.4, -0.2) is 62.4 Å². The third kappa shape index (κ3) is 4.15. The van der Waals surface area contributed by atoms with E-state index in [0.29, 0.717) is 39.2 Å². The van der Waals surface area contributed by atoms with Crippen molar-refractivity contribution in [1.82, 2.24) is 9.21 Å². The lowest BCUT2D eigenvalue weighted by atomic mass is 10.2. The Hall–Kier alpha value is -1.44. The number of nitrogens with zero attached hydrogens (tertiary/aromatic N) is 2. The number of benzene rings is 1. The summed E-state index contributed by atoms with van der Waals surface area (Å²) in [6, 6.07) is 9.20. The highest BCUT2D eigenvalue weighted by molar-refractivity contribution is 7.88. The first-order valence-electron chi connectivity index (χ1n) is 8.48. The summed E-state index contributed by atoms with van der Waals surface area (Å²) in [5.74, 6) is 0.0165. The Morgan fingerprint density at radius 3 is 2.58 bits per heavy atom. The van der Waals surface area contributed by atoms with Crippen molar-refractivity contribution < 1.29 is 17.9 Å². The SMILES string of the molecule is O=C([C@H]1CCCO1)N1CCCN(S(=O)(=O)Cc2ccccc2)CC1. The van der Waals surface area contributed by atoms with Gasteiger partial charge in [0.05, 0.1) is 5.75 Å². The monoisotopic (exact) mass is 352 g/mol. The van der Waals surface area contributed by atoms with Crippen molar-refractivity contribution >= 4 is 15.9 Å². The molecule has 3 rings (SSSR count). The Morgan fingerprint density at radius 1 is 1.08 bits per heavy atom. The van der Waals surface area contributed by atoms with Crippen molar-refractivity contribution in [3.8, 4) is 0 Å².